The number of nitrogens with zero attached hydrogens (tertiary/aromatic N) is 1. The summed E-state index contributed by atoms with van der Waals surface area (Å²) in [6.07, 6.45) is 5.52. The molecule has 0 aromatic heterocycles. The van der Waals surface area contributed by atoms with Crippen molar-refractivity contribution in [1.29, 1.82) is 0 Å². The SMILES string of the molecule is CCCCCCNC(=O)N1CCc2cc(OC)c(OC)cc2C1. The van der Waals surface area contributed by atoms with Gasteiger partial charge < -0.3 is 19.7 Å². The molecular weight excluding hydrogens is 292 g/mol. The molecule has 2 rings (SSSR count). The van der Waals surface area contributed by atoms with Gasteiger partial charge in [-0.1, -0.05) is 26.2 Å². The summed E-state index contributed by atoms with van der Waals surface area (Å²) < 4.78 is 10.7. The highest BCUT2D eigenvalue weighted by Gasteiger charge is 2.22. The summed E-state index contributed by atoms with van der Waals surface area (Å²) in [4.78, 5) is 14.1. The van der Waals surface area contributed by atoms with Crippen LogP contribution < -0.4 is 14.8 Å². The van der Waals surface area contributed by atoms with Gasteiger partial charge in [-0.05, 0) is 36.1 Å². The summed E-state index contributed by atoms with van der Waals surface area (Å²) in [7, 11) is 3.28. The number of benzene rings is 1. The number of unbranched alkanes of at least 4 members (excludes halogenated alkanes) is 3. The van der Waals surface area contributed by atoms with Crippen molar-refractivity contribution in [3.8, 4) is 11.5 Å². The minimum absolute atomic E-state index is 0.0296. The summed E-state index contributed by atoms with van der Waals surface area (Å²) >= 11 is 0. The zero-order chi connectivity index (χ0) is 16.7. The Hall–Kier alpha value is -1.91. The monoisotopic (exact) mass is 320 g/mol. The van der Waals surface area contributed by atoms with Crippen LogP contribution in [0.25, 0.3) is 0 Å². The fourth-order valence-corrected chi connectivity index (χ4v) is 2.92. The number of carbonyl (C=O) groups excluding carboxylic acids is 1. The predicted octanol–water partition coefficient (Wildman–Crippen LogP) is 3.35. The molecule has 1 aliphatic rings. The van der Waals surface area contributed by atoms with E-state index in [1.807, 2.05) is 17.0 Å². The van der Waals surface area contributed by atoms with Gasteiger partial charge in [0.25, 0.3) is 0 Å². The average molecular weight is 320 g/mol. The standard InChI is InChI=1S/C18H28N2O3/c1-4-5-6-7-9-19-18(21)20-10-8-14-11-16(22-2)17(23-3)12-15(14)13-20/h11-12H,4-10,13H2,1-3H3,(H,19,21). The van der Waals surface area contributed by atoms with Crippen LogP contribution in [0.3, 0.4) is 0 Å². The van der Waals surface area contributed by atoms with Gasteiger partial charge in [-0.15, -0.1) is 0 Å². The number of carbonyl (C=O) groups is 1. The molecule has 0 spiro atoms. The van der Waals surface area contributed by atoms with Gasteiger partial charge in [0.2, 0.25) is 0 Å². The van der Waals surface area contributed by atoms with Crippen LogP contribution in [0.1, 0.15) is 43.7 Å². The molecule has 23 heavy (non-hydrogen) atoms. The topological polar surface area (TPSA) is 50.8 Å². The van der Waals surface area contributed by atoms with E-state index in [1.165, 1.54) is 24.8 Å². The van der Waals surface area contributed by atoms with Crippen LogP contribution in [-0.4, -0.2) is 38.2 Å². The second kappa shape index (κ2) is 8.65. The van der Waals surface area contributed by atoms with Crippen LogP contribution in [-0.2, 0) is 13.0 Å². The van der Waals surface area contributed by atoms with Gasteiger partial charge in [0, 0.05) is 19.6 Å². The normalized spacial score (nSPS) is 13.4. The van der Waals surface area contributed by atoms with E-state index < -0.39 is 0 Å². The molecule has 0 unspecified atom stereocenters. The lowest BCUT2D eigenvalue weighted by molar-refractivity contribution is 0.192. The van der Waals surface area contributed by atoms with Gasteiger partial charge >= 0.3 is 6.03 Å². The molecule has 2 amide bonds. The van der Waals surface area contributed by atoms with Gasteiger partial charge in [-0.2, -0.15) is 0 Å². The quantitative estimate of drug-likeness (QED) is 0.784. The number of fused-ring (bicyclic) bond motifs is 1. The first-order valence-electron chi connectivity index (χ1n) is 8.46. The van der Waals surface area contributed by atoms with Gasteiger partial charge in [-0.25, -0.2) is 4.79 Å². The zero-order valence-corrected chi connectivity index (χ0v) is 14.5. The highest BCUT2D eigenvalue weighted by Crippen LogP contribution is 2.33. The van der Waals surface area contributed by atoms with Crippen molar-refractivity contribution in [2.24, 2.45) is 0 Å². The Morgan fingerprint density at radius 1 is 1.13 bits per heavy atom. The van der Waals surface area contributed by atoms with Crippen LogP contribution in [0.4, 0.5) is 4.79 Å². The third-order valence-electron chi connectivity index (χ3n) is 4.31. The van der Waals surface area contributed by atoms with Crippen molar-refractivity contribution in [2.45, 2.75) is 45.6 Å². The molecule has 1 aliphatic heterocycles. The van der Waals surface area contributed by atoms with Crippen LogP contribution >= 0.6 is 0 Å². The number of ether oxygens (including phenoxy) is 2. The number of urea groups is 1. The maximum Gasteiger partial charge on any atom is 0.317 e. The van der Waals surface area contributed by atoms with Gasteiger partial charge in [0.15, 0.2) is 11.5 Å². The summed E-state index contributed by atoms with van der Waals surface area (Å²) in [5.41, 5.74) is 2.37. The molecule has 1 heterocycles. The van der Waals surface area contributed by atoms with Crippen molar-refractivity contribution in [3.63, 3.8) is 0 Å². The highest BCUT2D eigenvalue weighted by molar-refractivity contribution is 5.74. The van der Waals surface area contributed by atoms with Crippen LogP contribution in [0.15, 0.2) is 12.1 Å². The third-order valence-corrected chi connectivity index (χ3v) is 4.31. The first-order valence-corrected chi connectivity index (χ1v) is 8.46. The lowest BCUT2D eigenvalue weighted by Crippen LogP contribution is -2.43. The maximum absolute atomic E-state index is 12.3. The minimum Gasteiger partial charge on any atom is -0.493 e. The number of amides is 2. The number of methoxy groups -OCH3 is 2. The lowest BCUT2D eigenvalue weighted by atomic mass is 9.99. The summed E-state index contributed by atoms with van der Waals surface area (Å²) in [5, 5.41) is 3.02. The fourth-order valence-electron chi connectivity index (χ4n) is 2.92. The molecule has 5 nitrogen and oxygen atoms in total. The second-order valence-corrected chi connectivity index (χ2v) is 5.94. The largest absolute Gasteiger partial charge is 0.493 e. The van der Waals surface area contributed by atoms with Crippen molar-refractivity contribution in [2.75, 3.05) is 27.3 Å². The molecule has 0 fully saturated rings. The molecule has 1 aromatic rings. The number of rotatable bonds is 7. The van der Waals surface area contributed by atoms with Crippen molar-refractivity contribution < 1.29 is 14.3 Å². The van der Waals surface area contributed by atoms with Crippen molar-refractivity contribution >= 4 is 6.03 Å². The van der Waals surface area contributed by atoms with Gasteiger partial charge in [0.1, 0.15) is 0 Å². The molecule has 0 bridgehead atoms. The number of hydrogen-bond donors (Lipinski definition) is 1. The summed E-state index contributed by atoms with van der Waals surface area (Å²) in [6.45, 7) is 4.31. The predicted molar refractivity (Wildman–Crippen MR) is 91.2 cm³/mol. The molecule has 0 saturated carbocycles. The Bertz CT molecular complexity index is 531. The smallest absolute Gasteiger partial charge is 0.317 e. The molecule has 5 heteroatoms. The first-order chi connectivity index (χ1) is 11.2. The van der Waals surface area contributed by atoms with Crippen molar-refractivity contribution in [1.82, 2.24) is 10.2 Å². The van der Waals surface area contributed by atoms with E-state index in [1.54, 1.807) is 14.2 Å². The highest BCUT2D eigenvalue weighted by atomic mass is 16.5. The molecule has 128 valence electrons. The summed E-state index contributed by atoms with van der Waals surface area (Å²) in [5.74, 6) is 1.47. The molecule has 0 radical (unpaired) electrons. The molecule has 0 saturated heterocycles. The lowest BCUT2D eigenvalue weighted by Gasteiger charge is -2.29. The van der Waals surface area contributed by atoms with E-state index in [4.69, 9.17) is 9.47 Å². The zero-order valence-electron chi connectivity index (χ0n) is 14.5. The summed E-state index contributed by atoms with van der Waals surface area (Å²) in [6, 6.07) is 4.03. The van der Waals surface area contributed by atoms with E-state index in [0.717, 1.165) is 37.2 Å². The Balaban J connectivity index is 1.93. The van der Waals surface area contributed by atoms with Crippen LogP contribution in [0.5, 0.6) is 11.5 Å². The van der Waals surface area contributed by atoms with Gasteiger partial charge in [0.05, 0.1) is 14.2 Å². The fraction of sp³-hybridized carbons (Fsp3) is 0.611. The third kappa shape index (κ3) is 4.53. The van der Waals surface area contributed by atoms with E-state index in [2.05, 4.69) is 12.2 Å². The molecule has 1 aromatic carbocycles. The average Bonchev–Trinajstić information content (AvgIpc) is 2.59. The minimum atomic E-state index is 0.0296. The van der Waals surface area contributed by atoms with E-state index in [0.29, 0.717) is 12.3 Å². The van der Waals surface area contributed by atoms with Crippen LogP contribution in [0, 0.1) is 0 Å². The van der Waals surface area contributed by atoms with E-state index in [9.17, 15) is 4.79 Å². The second-order valence-electron chi connectivity index (χ2n) is 5.94. The molecule has 0 atom stereocenters. The Kier molecular flexibility index (Phi) is 6.56. The van der Waals surface area contributed by atoms with E-state index >= 15 is 0 Å². The Labute approximate surface area is 139 Å². The first kappa shape index (κ1) is 17.4. The Morgan fingerprint density at radius 3 is 2.48 bits per heavy atom. The molecular formula is C18H28N2O3. The maximum atomic E-state index is 12.3. The molecule has 0 aliphatic carbocycles. The van der Waals surface area contributed by atoms with Crippen molar-refractivity contribution in [3.05, 3.63) is 23.3 Å². The van der Waals surface area contributed by atoms with Crippen LogP contribution in [0.2, 0.25) is 0 Å². The van der Waals surface area contributed by atoms with E-state index in [-0.39, 0.29) is 6.03 Å². The number of hydrogen-bond acceptors (Lipinski definition) is 3. The number of nitrogens with one attached hydrogen (secondary N) is 1. The van der Waals surface area contributed by atoms with Gasteiger partial charge in [-0.3, -0.25) is 0 Å². The molecule has 1 N–H and O–H groups in total. The Morgan fingerprint density at radius 2 is 1.83 bits per heavy atom.